The molecule has 0 saturated heterocycles. The van der Waals surface area contributed by atoms with Gasteiger partial charge in [0, 0.05) is 17.9 Å². The lowest BCUT2D eigenvalue weighted by molar-refractivity contribution is 0.102. The molecule has 1 saturated carbocycles. The summed E-state index contributed by atoms with van der Waals surface area (Å²) in [4.78, 5) is 21.1. The number of carbonyl (C=O) groups is 1. The van der Waals surface area contributed by atoms with Gasteiger partial charge in [-0.05, 0) is 37.5 Å². The first kappa shape index (κ1) is 16.4. The van der Waals surface area contributed by atoms with Crippen LogP contribution in [0, 0.1) is 6.92 Å². The predicted molar refractivity (Wildman–Crippen MR) is 96.3 cm³/mol. The van der Waals surface area contributed by atoms with E-state index in [9.17, 15) is 4.79 Å². The van der Waals surface area contributed by atoms with Crippen molar-refractivity contribution < 1.29 is 4.79 Å². The fourth-order valence-electron chi connectivity index (χ4n) is 3.06. The molecule has 2 aromatic rings. The Hall–Kier alpha value is -2.43. The van der Waals surface area contributed by atoms with Crippen LogP contribution in [-0.2, 0) is 0 Å². The van der Waals surface area contributed by atoms with Gasteiger partial charge in [-0.1, -0.05) is 43.9 Å². The molecule has 24 heavy (non-hydrogen) atoms. The van der Waals surface area contributed by atoms with E-state index in [2.05, 4.69) is 20.6 Å². The largest absolute Gasteiger partial charge is 0.351 e. The summed E-state index contributed by atoms with van der Waals surface area (Å²) in [6, 6.07) is 9.76. The van der Waals surface area contributed by atoms with E-state index in [-0.39, 0.29) is 5.91 Å². The van der Waals surface area contributed by atoms with E-state index in [1.807, 2.05) is 31.2 Å². The predicted octanol–water partition coefficient (Wildman–Crippen LogP) is 4.17. The number of amides is 1. The molecule has 1 aromatic carbocycles. The Labute approximate surface area is 142 Å². The summed E-state index contributed by atoms with van der Waals surface area (Å²) in [7, 11) is 0. The van der Waals surface area contributed by atoms with Gasteiger partial charge in [-0.25, -0.2) is 9.97 Å². The Morgan fingerprint density at radius 1 is 1.08 bits per heavy atom. The number of aromatic nitrogens is 2. The lowest BCUT2D eigenvalue weighted by Gasteiger charge is -2.16. The third kappa shape index (κ3) is 4.31. The molecule has 1 heterocycles. The number of nitrogens with one attached hydrogen (secondary N) is 2. The van der Waals surface area contributed by atoms with Crippen molar-refractivity contribution in [1.29, 1.82) is 0 Å². The number of rotatable bonds is 4. The van der Waals surface area contributed by atoms with Gasteiger partial charge in [-0.15, -0.1) is 0 Å². The van der Waals surface area contributed by atoms with E-state index >= 15 is 0 Å². The maximum absolute atomic E-state index is 12.4. The van der Waals surface area contributed by atoms with Gasteiger partial charge in [-0.3, -0.25) is 4.79 Å². The number of carbonyl (C=O) groups excluding carboxylic acids is 1. The molecule has 1 fully saturated rings. The lowest BCUT2D eigenvalue weighted by atomic mass is 10.1. The monoisotopic (exact) mass is 324 g/mol. The van der Waals surface area contributed by atoms with Crippen LogP contribution < -0.4 is 10.6 Å². The van der Waals surface area contributed by atoms with Crippen LogP contribution in [0.2, 0.25) is 0 Å². The van der Waals surface area contributed by atoms with Crippen LogP contribution in [0.5, 0.6) is 0 Å². The second kappa shape index (κ2) is 7.90. The number of anilines is 2. The molecule has 0 unspecified atom stereocenters. The minimum absolute atomic E-state index is 0.212. The average Bonchev–Trinajstić information content (AvgIpc) is 2.86. The molecule has 0 bridgehead atoms. The highest BCUT2D eigenvalue weighted by atomic mass is 16.1. The molecule has 126 valence electrons. The Morgan fingerprint density at radius 2 is 1.83 bits per heavy atom. The van der Waals surface area contributed by atoms with Crippen molar-refractivity contribution in [3.05, 3.63) is 47.8 Å². The molecule has 0 radical (unpaired) electrons. The maximum atomic E-state index is 12.4. The van der Waals surface area contributed by atoms with Crippen molar-refractivity contribution in [3.63, 3.8) is 0 Å². The van der Waals surface area contributed by atoms with Crippen molar-refractivity contribution in [2.45, 2.75) is 51.5 Å². The first-order valence-electron chi connectivity index (χ1n) is 8.69. The minimum atomic E-state index is -0.212. The molecule has 3 rings (SSSR count). The third-order valence-corrected chi connectivity index (χ3v) is 4.47. The molecule has 0 spiro atoms. The Morgan fingerprint density at radius 3 is 2.58 bits per heavy atom. The fraction of sp³-hybridized carbons (Fsp3) is 0.421. The number of nitrogens with zero attached hydrogens (tertiary/aromatic N) is 2. The number of aryl methyl sites for hydroxylation is 1. The summed E-state index contributed by atoms with van der Waals surface area (Å²) in [6.45, 7) is 1.97. The van der Waals surface area contributed by atoms with E-state index in [1.54, 1.807) is 12.3 Å². The molecular weight excluding hydrogens is 300 g/mol. The molecule has 1 aliphatic carbocycles. The number of hydrogen-bond acceptors (Lipinski definition) is 4. The highest BCUT2D eigenvalue weighted by Gasteiger charge is 2.15. The van der Waals surface area contributed by atoms with Gasteiger partial charge >= 0.3 is 0 Å². The molecule has 1 aromatic heterocycles. The summed E-state index contributed by atoms with van der Waals surface area (Å²) in [5.74, 6) is 0.329. The molecular formula is C19H24N4O. The van der Waals surface area contributed by atoms with Crippen molar-refractivity contribution in [3.8, 4) is 0 Å². The van der Waals surface area contributed by atoms with Crippen LogP contribution in [0.25, 0.3) is 0 Å². The highest BCUT2D eigenvalue weighted by Crippen LogP contribution is 2.20. The SMILES string of the molecule is Cc1ccccc1NC(=O)c1ccnc(NC2CCCCCC2)n1. The molecule has 0 atom stereocenters. The zero-order chi connectivity index (χ0) is 16.8. The van der Waals surface area contributed by atoms with Gasteiger partial charge in [0.05, 0.1) is 0 Å². The zero-order valence-electron chi connectivity index (χ0n) is 14.1. The van der Waals surface area contributed by atoms with Gasteiger partial charge < -0.3 is 10.6 Å². The summed E-state index contributed by atoms with van der Waals surface area (Å²) in [5, 5.41) is 6.30. The van der Waals surface area contributed by atoms with E-state index in [0.29, 0.717) is 17.7 Å². The highest BCUT2D eigenvalue weighted by molar-refractivity contribution is 6.03. The molecule has 1 amide bonds. The standard InChI is InChI=1S/C19H24N4O/c1-14-8-6-7-11-16(14)22-18(24)17-12-13-20-19(23-17)21-15-9-4-2-3-5-10-15/h6-8,11-13,15H,2-5,9-10H2,1H3,(H,22,24)(H,20,21,23). The van der Waals surface area contributed by atoms with Crippen molar-refractivity contribution in [2.75, 3.05) is 10.6 Å². The smallest absolute Gasteiger partial charge is 0.274 e. The minimum Gasteiger partial charge on any atom is -0.351 e. The van der Waals surface area contributed by atoms with Crippen LogP contribution in [0.1, 0.15) is 54.6 Å². The van der Waals surface area contributed by atoms with Gasteiger partial charge in [0.1, 0.15) is 5.69 Å². The van der Waals surface area contributed by atoms with Crippen molar-refractivity contribution in [1.82, 2.24) is 9.97 Å². The van der Waals surface area contributed by atoms with Crippen molar-refractivity contribution >= 4 is 17.5 Å². The molecule has 2 N–H and O–H groups in total. The van der Waals surface area contributed by atoms with Crippen LogP contribution in [0.3, 0.4) is 0 Å². The normalized spacial score (nSPS) is 15.5. The van der Waals surface area contributed by atoms with Crippen LogP contribution >= 0.6 is 0 Å². The molecule has 1 aliphatic rings. The third-order valence-electron chi connectivity index (χ3n) is 4.47. The Balaban J connectivity index is 1.68. The average molecular weight is 324 g/mol. The van der Waals surface area contributed by atoms with Gasteiger partial charge in [-0.2, -0.15) is 0 Å². The number of para-hydroxylation sites is 1. The zero-order valence-corrected chi connectivity index (χ0v) is 14.1. The van der Waals surface area contributed by atoms with E-state index < -0.39 is 0 Å². The number of benzene rings is 1. The molecule has 0 aliphatic heterocycles. The summed E-state index contributed by atoms with van der Waals surface area (Å²) >= 11 is 0. The van der Waals surface area contributed by atoms with E-state index in [4.69, 9.17) is 0 Å². The van der Waals surface area contributed by atoms with Gasteiger partial charge in [0.15, 0.2) is 0 Å². The van der Waals surface area contributed by atoms with Crippen molar-refractivity contribution in [2.24, 2.45) is 0 Å². The second-order valence-electron chi connectivity index (χ2n) is 6.37. The summed E-state index contributed by atoms with van der Waals surface area (Å²) in [6.07, 6.45) is 9.01. The first-order valence-corrected chi connectivity index (χ1v) is 8.69. The molecule has 5 nitrogen and oxygen atoms in total. The maximum Gasteiger partial charge on any atom is 0.274 e. The van der Waals surface area contributed by atoms with Crippen LogP contribution in [-0.4, -0.2) is 21.9 Å². The van der Waals surface area contributed by atoms with E-state index in [1.165, 1.54) is 25.7 Å². The van der Waals surface area contributed by atoms with Gasteiger partial charge in [0.25, 0.3) is 5.91 Å². The van der Waals surface area contributed by atoms with E-state index in [0.717, 1.165) is 24.1 Å². The van der Waals surface area contributed by atoms with Crippen LogP contribution in [0.4, 0.5) is 11.6 Å². The lowest BCUT2D eigenvalue weighted by Crippen LogP contribution is -2.21. The summed E-state index contributed by atoms with van der Waals surface area (Å²) < 4.78 is 0. The summed E-state index contributed by atoms with van der Waals surface area (Å²) in [5.41, 5.74) is 2.21. The molecule has 5 heteroatoms. The second-order valence-corrected chi connectivity index (χ2v) is 6.37. The Bertz CT molecular complexity index is 693. The first-order chi connectivity index (χ1) is 11.7. The topological polar surface area (TPSA) is 66.9 Å². The fourth-order valence-corrected chi connectivity index (χ4v) is 3.06. The Kier molecular flexibility index (Phi) is 5.41. The quantitative estimate of drug-likeness (QED) is 0.828. The van der Waals surface area contributed by atoms with Gasteiger partial charge in [0.2, 0.25) is 5.95 Å². The number of hydrogen-bond donors (Lipinski definition) is 2. The van der Waals surface area contributed by atoms with Crippen LogP contribution in [0.15, 0.2) is 36.5 Å².